The number of fused-ring (bicyclic) bond motifs is 2. The lowest BCUT2D eigenvalue weighted by molar-refractivity contribution is -0.140. The lowest BCUT2D eigenvalue weighted by Crippen LogP contribution is -2.54. The number of hydrogen-bond acceptors (Lipinski definition) is 3. The minimum absolute atomic E-state index is 0.165. The Balaban J connectivity index is 1.92. The van der Waals surface area contributed by atoms with Crippen molar-refractivity contribution in [2.75, 3.05) is 11.9 Å². The van der Waals surface area contributed by atoms with Gasteiger partial charge in [0.05, 0.1) is 0 Å². The van der Waals surface area contributed by atoms with Crippen molar-refractivity contribution in [2.45, 2.75) is 18.8 Å². The van der Waals surface area contributed by atoms with Crippen molar-refractivity contribution in [3.8, 4) is 0 Å². The van der Waals surface area contributed by atoms with Gasteiger partial charge in [-0.25, -0.2) is 0 Å². The Morgan fingerprint density at radius 3 is 2.44 bits per heavy atom. The van der Waals surface area contributed by atoms with E-state index >= 15 is 0 Å². The molecule has 0 N–H and O–H groups in total. The average molecular weight is 380 g/mol. The third-order valence-electron chi connectivity index (χ3n) is 5.68. The maximum Gasteiger partial charge on any atom is 0.246 e. The van der Waals surface area contributed by atoms with Crippen molar-refractivity contribution in [1.82, 2.24) is 0 Å². The number of nitrogens with zero attached hydrogens (tertiary/aromatic N) is 1. The topological polar surface area (TPSA) is 54.5 Å². The van der Waals surface area contributed by atoms with E-state index in [9.17, 15) is 14.4 Å². The zero-order valence-corrected chi connectivity index (χ0v) is 15.8. The van der Waals surface area contributed by atoms with Crippen molar-refractivity contribution in [3.05, 3.63) is 70.8 Å². The standard InChI is InChI=1S/C22H18ClNO3/c1-13(25)18-11-15(14-7-9-16(23)10-8-14)12-20(26)22(18)17-5-3-4-6-19(17)24(2)21(22)27/h3-10,12,18H,11H2,1-2H3/t18-,22-/m0/s1. The number of anilines is 1. The Kier molecular flexibility index (Phi) is 4.04. The maximum atomic E-state index is 13.4. The van der Waals surface area contributed by atoms with Crippen LogP contribution in [0, 0.1) is 5.92 Å². The number of halogens is 1. The van der Waals surface area contributed by atoms with Crippen molar-refractivity contribution in [1.29, 1.82) is 0 Å². The molecule has 136 valence electrons. The van der Waals surface area contributed by atoms with Gasteiger partial charge >= 0.3 is 0 Å². The summed E-state index contributed by atoms with van der Waals surface area (Å²) in [4.78, 5) is 40.8. The van der Waals surface area contributed by atoms with Crippen molar-refractivity contribution < 1.29 is 14.4 Å². The second-order valence-corrected chi connectivity index (χ2v) is 7.53. The summed E-state index contributed by atoms with van der Waals surface area (Å²) in [5.41, 5.74) is 1.43. The zero-order valence-electron chi connectivity index (χ0n) is 15.0. The number of benzene rings is 2. The van der Waals surface area contributed by atoms with Gasteiger partial charge in [-0.1, -0.05) is 41.9 Å². The van der Waals surface area contributed by atoms with Crippen LogP contribution in [0.4, 0.5) is 5.69 Å². The monoisotopic (exact) mass is 379 g/mol. The van der Waals surface area contributed by atoms with Crippen LogP contribution in [-0.2, 0) is 19.8 Å². The van der Waals surface area contributed by atoms with Gasteiger partial charge in [-0.3, -0.25) is 14.4 Å². The van der Waals surface area contributed by atoms with Gasteiger partial charge in [0.25, 0.3) is 0 Å². The number of likely N-dealkylation sites (N-methyl/N-ethyl adjacent to an activating group) is 1. The summed E-state index contributed by atoms with van der Waals surface area (Å²) >= 11 is 5.96. The van der Waals surface area contributed by atoms with E-state index < -0.39 is 11.3 Å². The first-order valence-corrected chi connectivity index (χ1v) is 9.14. The molecule has 27 heavy (non-hydrogen) atoms. The molecule has 0 fully saturated rings. The largest absolute Gasteiger partial charge is 0.314 e. The van der Waals surface area contributed by atoms with E-state index in [0.717, 1.165) is 11.1 Å². The summed E-state index contributed by atoms with van der Waals surface area (Å²) in [6.45, 7) is 1.46. The molecule has 2 aliphatic rings. The van der Waals surface area contributed by atoms with Crippen LogP contribution < -0.4 is 4.90 Å². The summed E-state index contributed by atoms with van der Waals surface area (Å²) in [5, 5.41) is 0.600. The maximum absolute atomic E-state index is 13.4. The van der Waals surface area contributed by atoms with E-state index in [1.165, 1.54) is 17.9 Å². The average Bonchev–Trinajstić information content (AvgIpc) is 2.87. The summed E-state index contributed by atoms with van der Waals surface area (Å²) < 4.78 is 0. The molecule has 1 aliphatic heterocycles. The highest BCUT2D eigenvalue weighted by atomic mass is 35.5. The van der Waals surface area contributed by atoms with Gasteiger partial charge in [-0.05, 0) is 54.3 Å². The summed E-state index contributed by atoms with van der Waals surface area (Å²) in [7, 11) is 1.65. The number of allylic oxidation sites excluding steroid dienone is 2. The van der Waals surface area contributed by atoms with Crippen LogP contribution in [0.1, 0.15) is 24.5 Å². The van der Waals surface area contributed by atoms with Crippen LogP contribution in [0.2, 0.25) is 5.02 Å². The molecule has 1 heterocycles. The number of carbonyl (C=O) groups is 3. The van der Waals surface area contributed by atoms with Gasteiger partial charge < -0.3 is 4.90 Å². The first kappa shape index (κ1) is 17.7. The molecule has 2 aromatic rings. The molecule has 0 bridgehead atoms. The van der Waals surface area contributed by atoms with E-state index in [1.54, 1.807) is 31.3 Å². The second-order valence-electron chi connectivity index (χ2n) is 7.10. The molecule has 4 nitrogen and oxygen atoms in total. The minimum Gasteiger partial charge on any atom is -0.314 e. The highest BCUT2D eigenvalue weighted by molar-refractivity contribution is 6.31. The first-order valence-electron chi connectivity index (χ1n) is 8.76. The molecular formula is C22H18ClNO3. The molecule has 0 aromatic heterocycles. The van der Waals surface area contributed by atoms with Crippen molar-refractivity contribution in [3.63, 3.8) is 0 Å². The first-order chi connectivity index (χ1) is 12.9. The Morgan fingerprint density at radius 2 is 1.78 bits per heavy atom. The van der Waals surface area contributed by atoms with Crippen LogP contribution in [0.15, 0.2) is 54.6 Å². The Bertz CT molecular complexity index is 1010. The van der Waals surface area contributed by atoms with Crippen LogP contribution in [0.25, 0.3) is 5.57 Å². The molecule has 0 unspecified atom stereocenters. The molecule has 1 amide bonds. The van der Waals surface area contributed by atoms with Crippen molar-refractivity contribution in [2.24, 2.45) is 5.92 Å². The predicted molar refractivity (Wildman–Crippen MR) is 105 cm³/mol. The van der Waals surface area contributed by atoms with E-state index in [-0.39, 0.29) is 17.5 Å². The highest BCUT2D eigenvalue weighted by Gasteiger charge is 2.61. The Morgan fingerprint density at radius 1 is 1.11 bits per heavy atom. The molecule has 1 spiro atoms. The number of Topliss-reactive ketones (excluding diaryl/α,β-unsaturated/α-hetero) is 1. The molecule has 2 aromatic carbocycles. The number of rotatable bonds is 2. The van der Waals surface area contributed by atoms with Crippen molar-refractivity contribution >= 4 is 40.3 Å². The SMILES string of the molecule is CC(=O)[C@@H]1CC(c2ccc(Cl)cc2)=CC(=O)[C@@]12C(=O)N(C)c1ccccc12. The predicted octanol–water partition coefficient (Wildman–Crippen LogP) is 3.82. The normalized spacial score (nSPS) is 24.2. The molecule has 4 rings (SSSR count). The molecule has 0 radical (unpaired) electrons. The molecule has 0 saturated carbocycles. The lowest BCUT2D eigenvalue weighted by atomic mass is 9.61. The lowest BCUT2D eigenvalue weighted by Gasteiger charge is -2.37. The Labute approximate surface area is 162 Å². The quantitative estimate of drug-likeness (QED) is 0.745. The van der Waals surface area contributed by atoms with E-state index in [0.29, 0.717) is 22.7 Å². The van der Waals surface area contributed by atoms with E-state index in [1.807, 2.05) is 24.3 Å². The molecule has 0 saturated heterocycles. The zero-order chi connectivity index (χ0) is 19.3. The van der Waals surface area contributed by atoms with Crippen LogP contribution >= 0.6 is 11.6 Å². The smallest absolute Gasteiger partial charge is 0.246 e. The minimum atomic E-state index is -1.47. The number of ketones is 2. The van der Waals surface area contributed by atoms with Gasteiger partial charge in [-0.15, -0.1) is 0 Å². The molecule has 2 atom stereocenters. The number of carbonyl (C=O) groups excluding carboxylic acids is 3. The van der Waals surface area contributed by atoms with Gasteiger partial charge in [0.15, 0.2) is 5.78 Å². The van der Waals surface area contributed by atoms with Gasteiger partial charge in [0.1, 0.15) is 11.2 Å². The van der Waals surface area contributed by atoms with Gasteiger partial charge in [-0.2, -0.15) is 0 Å². The number of amides is 1. The highest BCUT2D eigenvalue weighted by Crippen LogP contribution is 2.51. The third-order valence-corrected chi connectivity index (χ3v) is 5.93. The molecular weight excluding hydrogens is 362 g/mol. The fourth-order valence-electron chi connectivity index (χ4n) is 4.35. The third kappa shape index (κ3) is 2.40. The fraction of sp³-hybridized carbons (Fsp3) is 0.227. The van der Waals surface area contributed by atoms with E-state index in [4.69, 9.17) is 11.6 Å². The fourth-order valence-corrected chi connectivity index (χ4v) is 4.48. The summed E-state index contributed by atoms with van der Waals surface area (Å²) in [5.74, 6) is -1.57. The van der Waals surface area contributed by atoms with Crippen LogP contribution in [0.3, 0.4) is 0 Å². The summed E-state index contributed by atoms with van der Waals surface area (Å²) in [6.07, 6.45) is 1.85. The van der Waals surface area contributed by atoms with E-state index in [2.05, 4.69) is 0 Å². The summed E-state index contributed by atoms with van der Waals surface area (Å²) in [6, 6.07) is 14.4. The van der Waals surface area contributed by atoms with Gasteiger partial charge in [0.2, 0.25) is 5.91 Å². The number of para-hydroxylation sites is 1. The number of hydrogen-bond donors (Lipinski definition) is 0. The van der Waals surface area contributed by atoms with Crippen LogP contribution in [0.5, 0.6) is 0 Å². The molecule has 5 heteroatoms. The second kappa shape index (κ2) is 6.17. The van der Waals surface area contributed by atoms with Gasteiger partial charge in [0, 0.05) is 23.7 Å². The molecule has 1 aliphatic carbocycles. The van der Waals surface area contributed by atoms with Crippen LogP contribution in [-0.4, -0.2) is 24.5 Å². The Hall–Kier alpha value is -2.72.